The molecule has 1 aromatic heterocycles. The first kappa shape index (κ1) is 15.9. The fourth-order valence-electron chi connectivity index (χ4n) is 2.21. The van der Waals surface area contributed by atoms with Gasteiger partial charge < -0.3 is 9.47 Å². The molecular formula is C19H15F2NO2. The summed E-state index contributed by atoms with van der Waals surface area (Å²) in [4.78, 5) is 4.40. The molecule has 0 aliphatic rings. The van der Waals surface area contributed by atoms with Crippen LogP contribution in [0.2, 0.25) is 0 Å². The second kappa shape index (κ2) is 7.08. The number of ether oxygens (including phenoxy) is 2. The van der Waals surface area contributed by atoms with Crippen molar-refractivity contribution in [2.45, 2.75) is 6.61 Å². The molecule has 1 heterocycles. The third kappa shape index (κ3) is 3.68. The van der Waals surface area contributed by atoms with Crippen LogP contribution in [0, 0.1) is 11.6 Å². The van der Waals surface area contributed by atoms with Crippen molar-refractivity contribution in [1.82, 2.24) is 4.98 Å². The monoisotopic (exact) mass is 327 g/mol. The molecule has 3 rings (SSSR count). The van der Waals surface area contributed by atoms with E-state index in [9.17, 15) is 8.78 Å². The highest BCUT2D eigenvalue weighted by Crippen LogP contribution is 2.23. The van der Waals surface area contributed by atoms with Gasteiger partial charge in [-0.25, -0.2) is 13.8 Å². The zero-order valence-electron chi connectivity index (χ0n) is 13.0. The van der Waals surface area contributed by atoms with Gasteiger partial charge >= 0.3 is 0 Å². The Balaban J connectivity index is 1.75. The van der Waals surface area contributed by atoms with E-state index >= 15 is 0 Å². The Bertz CT molecular complexity index is 835. The molecule has 24 heavy (non-hydrogen) atoms. The number of halogens is 2. The number of benzene rings is 2. The van der Waals surface area contributed by atoms with Gasteiger partial charge in [0.25, 0.3) is 0 Å². The summed E-state index contributed by atoms with van der Waals surface area (Å²) in [5.41, 5.74) is 1.91. The Kier molecular flexibility index (Phi) is 4.70. The lowest BCUT2D eigenvalue weighted by molar-refractivity contribution is 0.288. The third-order valence-electron chi connectivity index (χ3n) is 3.50. The summed E-state index contributed by atoms with van der Waals surface area (Å²) in [6.07, 6.45) is 0. The molecule has 0 saturated carbocycles. The summed E-state index contributed by atoms with van der Waals surface area (Å²) in [6.45, 7) is -0.0226. The van der Waals surface area contributed by atoms with Gasteiger partial charge in [-0.2, -0.15) is 0 Å². The van der Waals surface area contributed by atoms with Gasteiger partial charge in [-0.1, -0.05) is 6.07 Å². The van der Waals surface area contributed by atoms with E-state index in [0.29, 0.717) is 5.88 Å². The highest BCUT2D eigenvalue weighted by molar-refractivity contribution is 5.60. The third-order valence-corrected chi connectivity index (χ3v) is 3.50. The molecule has 0 aliphatic carbocycles. The standard InChI is InChI=1S/C19H15F2NO2/c1-23-16-9-6-13(7-10-16)18-3-2-4-19(22-18)24-12-14-5-8-15(20)11-17(14)21/h2-11H,12H2,1H3. The van der Waals surface area contributed by atoms with Crippen LogP contribution in [-0.2, 0) is 6.61 Å². The number of methoxy groups -OCH3 is 1. The summed E-state index contributed by atoms with van der Waals surface area (Å²) < 4.78 is 37.2. The van der Waals surface area contributed by atoms with Gasteiger partial charge in [0.2, 0.25) is 5.88 Å². The highest BCUT2D eigenvalue weighted by atomic mass is 19.1. The van der Waals surface area contributed by atoms with Crippen LogP contribution >= 0.6 is 0 Å². The molecule has 0 atom stereocenters. The fourth-order valence-corrected chi connectivity index (χ4v) is 2.21. The van der Waals surface area contributed by atoms with Crippen molar-refractivity contribution in [3.8, 4) is 22.9 Å². The molecule has 0 aliphatic heterocycles. The highest BCUT2D eigenvalue weighted by Gasteiger charge is 2.06. The molecule has 122 valence electrons. The van der Waals surface area contributed by atoms with Crippen LogP contribution in [0.1, 0.15) is 5.56 Å². The lowest BCUT2D eigenvalue weighted by atomic mass is 10.1. The topological polar surface area (TPSA) is 31.4 Å². The summed E-state index contributed by atoms with van der Waals surface area (Å²) in [5, 5.41) is 0. The second-order valence-corrected chi connectivity index (χ2v) is 5.11. The normalized spacial score (nSPS) is 10.5. The Morgan fingerprint density at radius 1 is 0.958 bits per heavy atom. The van der Waals surface area contributed by atoms with Gasteiger partial charge in [0, 0.05) is 23.3 Å². The van der Waals surface area contributed by atoms with Crippen LogP contribution < -0.4 is 9.47 Å². The average Bonchev–Trinajstić information content (AvgIpc) is 2.61. The van der Waals surface area contributed by atoms with Gasteiger partial charge in [-0.3, -0.25) is 0 Å². The number of hydrogen-bond acceptors (Lipinski definition) is 3. The van der Waals surface area contributed by atoms with Crippen molar-refractivity contribution < 1.29 is 18.3 Å². The molecule has 0 N–H and O–H groups in total. The Labute approximate surface area is 138 Å². The predicted molar refractivity (Wildman–Crippen MR) is 86.9 cm³/mol. The minimum atomic E-state index is -0.638. The van der Waals surface area contributed by atoms with Gasteiger partial charge in [0.1, 0.15) is 24.0 Å². The number of aromatic nitrogens is 1. The summed E-state index contributed by atoms with van der Waals surface area (Å²) in [7, 11) is 1.61. The second-order valence-electron chi connectivity index (χ2n) is 5.11. The number of nitrogens with zero attached hydrogens (tertiary/aromatic N) is 1. The maximum Gasteiger partial charge on any atom is 0.214 e. The zero-order valence-corrected chi connectivity index (χ0v) is 13.0. The van der Waals surface area contributed by atoms with Crippen LogP contribution in [0.3, 0.4) is 0 Å². The number of rotatable bonds is 5. The van der Waals surface area contributed by atoms with Crippen molar-refractivity contribution in [2.24, 2.45) is 0 Å². The molecule has 2 aromatic carbocycles. The largest absolute Gasteiger partial charge is 0.497 e. The molecule has 5 heteroatoms. The minimum Gasteiger partial charge on any atom is -0.497 e. The zero-order chi connectivity index (χ0) is 16.9. The van der Waals surface area contributed by atoms with Crippen LogP contribution in [0.4, 0.5) is 8.78 Å². The van der Waals surface area contributed by atoms with Crippen molar-refractivity contribution in [3.05, 3.63) is 77.9 Å². The van der Waals surface area contributed by atoms with Crippen molar-refractivity contribution >= 4 is 0 Å². The molecule has 3 aromatic rings. The molecule has 3 nitrogen and oxygen atoms in total. The Hall–Kier alpha value is -2.95. The minimum absolute atomic E-state index is 0.0226. The lowest BCUT2D eigenvalue weighted by Crippen LogP contribution is -2.00. The molecular weight excluding hydrogens is 312 g/mol. The van der Waals surface area contributed by atoms with E-state index in [4.69, 9.17) is 9.47 Å². The number of hydrogen-bond donors (Lipinski definition) is 0. The Morgan fingerprint density at radius 3 is 2.46 bits per heavy atom. The summed E-state index contributed by atoms with van der Waals surface area (Å²) in [5.74, 6) is -0.123. The van der Waals surface area contributed by atoms with Crippen LogP contribution in [0.25, 0.3) is 11.3 Å². The van der Waals surface area contributed by atoms with Gasteiger partial charge in [-0.15, -0.1) is 0 Å². The van der Waals surface area contributed by atoms with E-state index in [0.717, 1.165) is 23.1 Å². The first-order valence-corrected chi connectivity index (χ1v) is 7.34. The molecule has 0 amide bonds. The smallest absolute Gasteiger partial charge is 0.214 e. The summed E-state index contributed by atoms with van der Waals surface area (Å²) >= 11 is 0. The fraction of sp³-hybridized carbons (Fsp3) is 0.105. The van der Waals surface area contributed by atoms with E-state index in [1.165, 1.54) is 12.1 Å². The number of pyridine rings is 1. The van der Waals surface area contributed by atoms with E-state index in [1.807, 2.05) is 36.4 Å². The molecule has 0 spiro atoms. The molecule has 0 unspecified atom stereocenters. The van der Waals surface area contributed by atoms with Crippen LogP contribution in [-0.4, -0.2) is 12.1 Å². The van der Waals surface area contributed by atoms with Gasteiger partial charge in [-0.05, 0) is 42.5 Å². The van der Waals surface area contributed by atoms with Crippen LogP contribution in [0.5, 0.6) is 11.6 Å². The van der Waals surface area contributed by atoms with Gasteiger partial charge in [0.05, 0.1) is 12.8 Å². The lowest BCUT2D eigenvalue weighted by Gasteiger charge is -2.08. The van der Waals surface area contributed by atoms with E-state index in [-0.39, 0.29) is 12.2 Å². The van der Waals surface area contributed by atoms with Crippen molar-refractivity contribution in [3.63, 3.8) is 0 Å². The SMILES string of the molecule is COc1ccc(-c2cccc(OCc3ccc(F)cc3F)n2)cc1. The van der Waals surface area contributed by atoms with E-state index < -0.39 is 11.6 Å². The van der Waals surface area contributed by atoms with Crippen molar-refractivity contribution in [2.75, 3.05) is 7.11 Å². The molecule has 0 fully saturated rings. The van der Waals surface area contributed by atoms with E-state index in [2.05, 4.69) is 4.98 Å². The average molecular weight is 327 g/mol. The maximum atomic E-state index is 13.6. The quantitative estimate of drug-likeness (QED) is 0.685. The van der Waals surface area contributed by atoms with Crippen LogP contribution in [0.15, 0.2) is 60.7 Å². The Morgan fingerprint density at radius 2 is 1.75 bits per heavy atom. The van der Waals surface area contributed by atoms with Gasteiger partial charge in [0.15, 0.2) is 0 Å². The first-order chi connectivity index (χ1) is 11.7. The van der Waals surface area contributed by atoms with Crippen molar-refractivity contribution in [1.29, 1.82) is 0 Å². The molecule has 0 radical (unpaired) electrons. The van der Waals surface area contributed by atoms with E-state index in [1.54, 1.807) is 13.2 Å². The molecule has 0 saturated heterocycles. The molecule has 0 bridgehead atoms. The summed E-state index contributed by atoms with van der Waals surface area (Å²) in [6, 6.07) is 16.2. The maximum absolute atomic E-state index is 13.6. The first-order valence-electron chi connectivity index (χ1n) is 7.34. The predicted octanol–water partition coefficient (Wildman–Crippen LogP) is 4.61.